The van der Waals surface area contributed by atoms with Gasteiger partial charge >= 0.3 is 12.1 Å². The molecule has 0 amide bonds. The number of ketones is 1. The fourth-order valence-electron chi connectivity index (χ4n) is 2.87. The molecule has 22 heavy (non-hydrogen) atoms. The SMILES string of the molecule is CCOC(=O)C1(c2ccc(C(F)(F)F)cc2)CCCCC1=O. The van der Waals surface area contributed by atoms with Crippen molar-refractivity contribution in [2.45, 2.75) is 44.2 Å². The summed E-state index contributed by atoms with van der Waals surface area (Å²) < 4.78 is 43.0. The van der Waals surface area contributed by atoms with Gasteiger partial charge in [0, 0.05) is 6.42 Å². The number of ether oxygens (including phenoxy) is 1. The summed E-state index contributed by atoms with van der Waals surface area (Å²) in [6, 6.07) is 4.22. The Morgan fingerprint density at radius 1 is 1.23 bits per heavy atom. The molecule has 0 N–H and O–H groups in total. The van der Waals surface area contributed by atoms with E-state index in [1.165, 1.54) is 12.1 Å². The molecule has 1 unspecified atom stereocenters. The highest BCUT2D eigenvalue weighted by molar-refractivity contribution is 6.10. The van der Waals surface area contributed by atoms with E-state index in [2.05, 4.69) is 0 Å². The van der Waals surface area contributed by atoms with Crippen LogP contribution in [0.4, 0.5) is 13.2 Å². The molecule has 1 aliphatic rings. The maximum absolute atomic E-state index is 12.7. The van der Waals surface area contributed by atoms with E-state index in [1.807, 2.05) is 0 Å². The van der Waals surface area contributed by atoms with Crippen LogP contribution in [0, 0.1) is 0 Å². The summed E-state index contributed by atoms with van der Waals surface area (Å²) in [7, 11) is 0. The van der Waals surface area contributed by atoms with Crippen LogP contribution < -0.4 is 0 Å². The quantitative estimate of drug-likeness (QED) is 0.632. The number of carbonyl (C=O) groups is 2. The zero-order valence-electron chi connectivity index (χ0n) is 12.2. The van der Waals surface area contributed by atoms with Crippen LogP contribution in [0.5, 0.6) is 0 Å². The third-order valence-corrected chi connectivity index (χ3v) is 4.01. The maximum Gasteiger partial charge on any atom is 0.416 e. The predicted molar refractivity (Wildman–Crippen MR) is 73.2 cm³/mol. The van der Waals surface area contributed by atoms with Crippen LogP contribution in [0.25, 0.3) is 0 Å². The van der Waals surface area contributed by atoms with Crippen LogP contribution in [-0.4, -0.2) is 18.4 Å². The summed E-state index contributed by atoms with van der Waals surface area (Å²) in [5.74, 6) is -0.948. The smallest absolute Gasteiger partial charge is 0.416 e. The number of benzene rings is 1. The fourth-order valence-corrected chi connectivity index (χ4v) is 2.87. The lowest BCUT2D eigenvalue weighted by Crippen LogP contribution is -2.47. The number of halogens is 3. The molecule has 0 spiro atoms. The molecule has 1 atom stereocenters. The van der Waals surface area contributed by atoms with Crippen LogP contribution in [0.2, 0.25) is 0 Å². The molecule has 3 nitrogen and oxygen atoms in total. The van der Waals surface area contributed by atoms with Gasteiger partial charge in [0.2, 0.25) is 0 Å². The number of rotatable bonds is 3. The Balaban J connectivity index is 2.45. The van der Waals surface area contributed by atoms with Gasteiger partial charge in [0.05, 0.1) is 12.2 Å². The number of carbonyl (C=O) groups excluding carboxylic acids is 2. The van der Waals surface area contributed by atoms with Crippen LogP contribution in [0.3, 0.4) is 0 Å². The number of Topliss-reactive ketones (excluding diaryl/α,β-unsaturated/α-hetero) is 1. The summed E-state index contributed by atoms with van der Waals surface area (Å²) in [5.41, 5.74) is -1.99. The van der Waals surface area contributed by atoms with Gasteiger partial charge in [0.1, 0.15) is 0 Å². The lowest BCUT2D eigenvalue weighted by atomic mass is 9.68. The van der Waals surface area contributed by atoms with E-state index >= 15 is 0 Å². The average molecular weight is 314 g/mol. The molecule has 1 aromatic carbocycles. The molecule has 0 aliphatic heterocycles. The third kappa shape index (κ3) is 2.87. The van der Waals surface area contributed by atoms with Crippen molar-refractivity contribution in [2.24, 2.45) is 0 Å². The minimum absolute atomic E-state index is 0.120. The van der Waals surface area contributed by atoms with E-state index in [9.17, 15) is 22.8 Å². The molecule has 2 rings (SSSR count). The first-order chi connectivity index (χ1) is 10.3. The van der Waals surface area contributed by atoms with E-state index in [0.717, 1.165) is 12.1 Å². The Bertz CT molecular complexity index is 563. The van der Waals surface area contributed by atoms with Crippen LogP contribution in [0.1, 0.15) is 43.7 Å². The van der Waals surface area contributed by atoms with Gasteiger partial charge in [-0.1, -0.05) is 18.6 Å². The summed E-state index contributed by atoms with van der Waals surface area (Å²) in [6.07, 6.45) is -2.60. The number of alkyl halides is 3. The summed E-state index contributed by atoms with van der Waals surface area (Å²) in [5, 5.41) is 0. The van der Waals surface area contributed by atoms with Crippen molar-refractivity contribution in [2.75, 3.05) is 6.61 Å². The molecule has 0 radical (unpaired) electrons. The van der Waals surface area contributed by atoms with Crippen molar-refractivity contribution in [3.8, 4) is 0 Å². The van der Waals surface area contributed by atoms with E-state index in [-0.39, 0.29) is 30.8 Å². The highest BCUT2D eigenvalue weighted by Gasteiger charge is 2.49. The number of hydrogen-bond donors (Lipinski definition) is 0. The molecule has 0 heterocycles. The zero-order valence-corrected chi connectivity index (χ0v) is 12.2. The first-order valence-corrected chi connectivity index (χ1v) is 7.20. The van der Waals surface area contributed by atoms with E-state index in [1.54, 1.807) is 6.92 Å². The zero-order chi connectivity index (χ0) is 16.4. The second-order valence-corrected chi connectivity index (χ2v) is 5.33. The fraction of sp³-hybridized carbons (Fsp3) is 0.500. The average Bonchev–Trinajstić information content (AvgIpc) is 2.47. The monoisotopic (exact) mass is 314 g/mol. The molecule has 1 saturated carbocycles. The van der Waals surface area contributed by atoms with Gasteiger partial charge in [-0.25, -0.2) is 0 Å². The molecule has 0 aromatic heterocycles. The van der Waals surface area contributed by atoms with Gasteiger partial charge in [0.25, 0.3) is 0 Å². The van der Waals surface area contributed by atoms with Crippen molar-refractivity contribution >= 4 is 11.8 Å². The number of hydrogen-bond acceptors (Lipinski definition) is 3. The second kappa shape index (κ2) is 6.10. The Kier molecular flexibility index (Phi) is 4.58. The van der Waals surface area contributed by atoms with Crippen molar-refractivity contribution < 1.29 is 27.5 Å². The van der Waals surface area contributed by atoms with Crippen LogP contribution in [0.15, 0.2) is 24.3 Å². The third-order valence-electron chi connectivity index (χ3n) is 4.01. The Labute approximate surface area is 126 Å². The van der Waals surface area contributed by atoms with Crippen molar-refractivity contribution in [1.29, 1.82) is 0 Å². The van der Waals surface area contributed by atoms with Crippen molar-refractivity contribution in [3.05, 3.63) is 35.4 Å². The first-order valence-electron chi connectivity index (χ1n) is 7.20. The normalized spacial score (nSPS) is 22.5. The largest absolute Gasteiger partial charge is 0.465 e. The topological polar surface area (TPSA) is 43.4 Å². The van der Waals surface area contributed by atoms with Gasteiger partial charge in [-0.15, -0.1) is 0 Å². The van der Waals surface area contributed by atoms with Gasteiger partial charge in [-0.05, 0) is 37.5 Å². The first kappa shape index (κ1) is 16.5. The molecule has 1 fully saturated rings. The van der Waals surface area contributed by atoms with Crippen LogP contribution in [-0.2, 0) is 25.9 Å². The predicted octanol–water partition coefficient (Wildman–Crippen LogP) is 3.65. The second-order valence-electron chi connectivity index (χ2n) is 5.33. The summed E-state index contributed by atoms with van der Waals surface area (Å²) in [4.78, 5) is 24.7. The van der Waals surface area contributed by atoms with Crippen molar-refractivity contribution in [1.82, 2.24) is 0 Å². The molecule has 0 saturated heterocycles. The molecular formula is C16H17F3O3. The van der Waals surface area contributed by atoms with Crippen molar-refractivity contribution in [3.63, 3.8) is 0 Å². The van der Waals surface area contributed by atoms with Gasteiger partial charge in [-0.3, -0.25) is 9.59 Å². The maximum atomic E-state index is 12.7. The van der Waals surface area contributed by atoms with Gasteiger partial charge in [-0.2, -0.15) is 13.2 Å². The van der Waals surface area contributed by atoms with E-state index in [0.29, 0.717) is 12.8 Å². The minimum Gasteiger partial charge on any atom is -0.465 e. The molecule has 1 aromatic rings. The van der Waals surface area contributed by atoms with E-state index < -0.39 is 23.1 Å². The summed E-state index contributed by atoms with van der Waals surface area (Å²) in [6.45, 7) is 1.75. The Morgan fingerprint density at radius 3 is 2.36 bits per heavy atom. The van der Waals surface area contributed by atoms with Crippen LogP contribution >= 0.6 is 0 Å². The molecule has 1 aliphatic carbocycles. The molecular weight excluding hydrogens is 297 g/mol. The van der Waals surface area contributed by atoms with Gasteiger partial charge < -0.3 is 4.74 Å². The highest BCUT2D eigenvalue weighted by Crippen LogP contribution is 2.39. The number of esters is 1. The summed E-state index contributed by atoms with van der Waals surface area (Å²) >= 11 is 0. The molecule has 0 bridgehead atoms. The Morgan fingerprint density at radius 2 is 1.86 bits per heavy atom. The standard InChI is InChI=1S/C16H17F3O3/c1-2-22-14(21)15(10-4-3-5-13(15)20)11-6-8-12(9-7-11)16(17,18)19/h6-9H,2-5,10H2,1H3. The molecule has 6 heteroatoms. The van der Waals surface area contributed by atoms with E-state index in [4.69, 9.17) is 4.74 Å². The Hall–Kier alpha value is -1.85. The minimum atomic E-state index is -4.45. The highest BCUT2D eigenvalue weighted by atomic mass is 19.4. The molecule has 120 valence electrons. The lowest BCUT2D eigenvalue weighted by molar-refractivity contribution is -0.155. The lowest BCUT2D eigenvalue weighted by Gasteiger charge is -2.33. The van der Waals surface area contributed by atoms with Gasteiger partial charge in [0.15, 0.2) is 11.2 Å².